The number of aromatic nitrogens is 4. The number of fused-ring (bicyclic) bond motifs is 6. The van der Waals surface area contributed by atoms with E-state index < -0.39 is 27.3 Å². The van der Waals surface area contributed by atoms with Crippen LogP contribution in [0.1, 0.15) is 91.0 Å². The van der Waals surface area contributed by atoms with Gasteiger partial charge < -0.3 is 28.1 Å². The summed E-state index contributed by atoms with van der Waals surface area (Å²) in [6, 6.07) is 23.6. The standard InChI is InChI=1S/C52H72N6O6Si2/c1-51(2,3)63-49(59)55-25-13-15-43(55)47-53-41-23-19-38-32-36(18-22-40(38)46(41)58(47)34-62-28-30-66(10,11)12)35-17-21-39-37(31-35)20-24-42-45(39)54-48(57(42)33-61-27-29-65(7,8)9)44-16-14-26-56(44)50(60)64-52(4,5)6/h17-24,31-32,43-44H,13-16,25-30,33-34H2,1-12H3/t43-,44-/m0/s1. The maximum absolute atomic E-state index is 13.5. The summed E-state index contributed by atoms with van der Waals surface area (Å²) >= 11 is 0. The van der Waals surface area contributed by atoms with Gasteiger partial charge in [0.25, 0.3) is 0 Å². The molecule has 2 aliphatic heterocycles. The lowest BCUT2D eigenvalue weighted by molar-refractivity contribution is 0.0196. The third-order valence-electron chi connectivity index (χ3n) is 12.6. The Morgan fingerprint density at radius 2 is 1.11 bits per heavy atom. The Bertz CT molecular complexity index is 2750. The quantitative estimate of drug-likeness (QED) is 0.0831. The van der Waals surface area contributed by atoms with Crippen LogP contribution < -0.4 is 0 Å². The second kappa shape index (κ2) is 18.4. The molecule has 4 aromatic carbocycles. The van der Waals surface area contributed by atoms with Crippen molar-refractivity contribution in [2.45, 2.75) is 155 Å². The molecule has 4 heterocycles. The molecule has 6 aromatic rings. The summed E-state index contributed by atoms with van der Waals surface area (Å²) in [6.07, 6.45) is 2.79. The molecule has 0 N–H and O–H groups in total. The number of likely N-dealkylation sites (tertiary alicyclic amines) is 2. The fourth-order valence-electron chi connectivity index (χ4n) is 9.26. The van der Waals surface area contributed by atoms with E-state index in [4.69, 9.17) is 28.9 Å². The first-order valence-corrected chi connectivity index (χ1v) is 31.5. The van der Waals surface area contributed by atoms with Gasteiger partial charge in [-0.2, -0.15) is 0 Å². The minimum Gasteiger partial charge on any atom is -0.444 e. The number of carbonyl (C=O) groups is 2. The highest BCUT2D eigenvalue weighted by molar-refractivity contribution is 6.76. The van der Waals surface area contributed by atoms with Gasteiger partial charge in [-0.05, 0) is 125 Å². The molecule has 0 spiro atoms. The molecule has 2 amide bonds. The molecular formula is C52H72N6O6Si2. The Kier molecular flexibility index (Phi) is 13.3. The molecule has 2 aromatic heterocycles. The lowest BCUT2D eigenvalue weighted by atomic mass is 9.98. The van der Waals surface area contributed by atoms with Gasteiger partial charge >= 0.3 is 12.2 Å². The molecule has 0 unspecified atom stereocenters. The van der Waals surface area contributed by atoms with Gasteiger partial charge in [0, 0.05) is 53.2 Å². The number of carbonyl (C=O) groups excluding carboxylic acids is 2. The highest BCUT2D eigenvalue weighted by Crippen LogP contribution is 2.40. The lowest BCUT2D eigenvalue weighted by Gasteiger charge is -2.28. The zero-order chi connectivity index (χ0) is 47.3. The first-order valence-electron chi connectivity index (χ1n) is 24.0. The normalized spacial score (nSPS) is 17.6. The Morgan fingerprint density at radius 3 is 1.64 bits per heavy atom. The second-order valence-corrected chi connectivity index (χ2v) is 34.1. The van der Waals surface area contributed by atoms with Crippen molar-refractivity contribution in [1.82, 2.24) is 28.9 Å². The van der Waals surface area contributed by atoms with Gasteiger partial charge in [-0.15, -0.1) is 0 Å². The molecule has 2 aliphatic rings. The number of hydrogen-bond acceptors (Lipinski definition) is 8. The number of rotatable bonds is 13. The van der Waals surface area contributed by atoms with Crippen LogP contribution in [0.3, 0.4) is 0 Å². The topological polar surface area (TPSA) is 113 Å². The molecule has 0 aliphatic carbocycles. The van der Waals surface area contributed by atoms with Crippen LogP contribution in [0.25, 0.3) is 54.7 Å². The molecule has 8 rings (SSSR count). The minimum atomic E-state index is -1.31. The van der Waals surface area contributed by atoms with E-state index in [1.54, 1.807) is 0 Å². The molecule has 66 heavy (non-hydrogen) atoms. The number of hydrogen-bond donors (Lipinski definition) is 0. The van der Waals surface area contributed by atoms with Crippen LogP contribution in [0.5, 0.6) is 0 Å². The van der Waals surface area contributed by atoms with E-state index in [-0.39, 0.29) is 24.3 Å². The zero-order valence-electron chi connectivity index (χ0n) is 41.5. The molecule has 354 valence electrons. The summed E-state index contributed by atoms with van der Waals surface area (Å²) in [5.74, 6) is 1.68. The highest BCUT2D eigenvalue weighted by atomic mass is 28.3. The smallest absolute Gasteiger partial charge is 0.410 e. The van der Waals surface area contributed by atoms with Crippen molar-refractivity contribution in [1.29, 1.82) is 0 Å². The van der Waals surface area contributed by atoms with Crippen LogP contribution in [-0.4, -0.2) is 94.7 Å². The van der Waals surface area contributed by atoms with Gasteiger partial charge in [-0.3, -0.25) is 9.80 Å². The molecule has 0 radical (unpaired) electrons. The van der Waals surface area contributed by atoms with E-state index in [9.17, 15) is 9.59 Å². The first-order chi connectivity index (χ1) is 31.0. The summed E-state index contributed by atoms with van der Waals surface area (Å²) in [5.41, 5.74) is 4.83. The largest absolute Gasteiger partial charge is 0.444 e. The van der Waals surface area contributed by atoms with Gasteiger partial charge in [-0.25, -0.2) is 19.6 Å². The van der Waals surface area contributed by atoms with E-state index in [0.717, 1.165) is 104 Å². The van der Waals surface area contributed by atoms with Gasteiger partial charge in [0.15, 0.2) is 0 Å². The predicted octanol–water partition coefficient (Wildman–Crippen LogP) is 13.1. The number of benzene rings is 4. The molecular weight excluding hydrogens is 861 g/mol. The van der Waals surface area contributed by atoms with Crippen LogP contribution >= 0.6 is 0 Å². The van der Waals surface area contributed by atoms with Crippen LogP contribution in [-0.2, 0) is 32.4 Å². The van der Waals surface area contributed by atoms with Crippen molar-refractivity contribution < 1.29 is 28.5 Å². The maximum atomic E-state index is 13.5. The lowest BCUT2D eigenvalue weighted by Crippen LogP contribution is -2.37. The summed E-state index contributed by atoms with van der Waals surface area (Å²) in [4.78, 5) is 41.3. The fraction of sp³-hybridized carbons (Fsp3) is 0.538. The molecule has 12 nitrogen and oxygen atoms in total. The van der Waals surface area contributed by atoms with E-state index in [1.165, 1.54) is 0 Å². The first kappa shape index (κ1) is 47.7. The van der Waals surface area contributed by atoms with Gasteiger partial charge in [-0.1, -0.05) is 75.7 Å². The number of amides is 2. The van der Waals surface area contributed by atoms with Crippen LogP contribution in [0.2, 0.25) is 51.4 Å². The third kappa shape index (κ3) is 10.7. The number of imidazole rings is 2. The molecule has 2 fully saturated rings. The van der Waals surface area contributed by atoms with Crippen molar-refractivity contribution >= 4 is 71.9 Å². The predicted molar refractivity (Wildman–Crippen MR) is 272 cm³/mol. The summed E-state index contributed by atoms with van der Waals surface area (Å²) in [6.45, 7) is 29.0. The van der Waals surface area contributed by atoms with E-state index in [0.29, 0.717) is 39.8 Å². The van der Waals surface area contributed by atoms with E-state index in [2.05, 4.69) is 109 Å². The SMILES string of the molecule is CC(C)(C)OC(=O)N1CCC[C@H]1c1nc2c3ccc(-c4ccc5c(ccc6nc([C@@H]7CCCN7C(=O)OC(C)(C)C)n(COCC[Si](C)(C)C)c65)c4)cc3ccc2n1COCC[Si](C)(C)C. The highest BCUT2D eigenvalue weighted by Gasteiger charge is 2.38. The van der Waals surface area contributed by atoms with Crippen LogP contribution in [0.15, 0.2) is 60.7 Å². The summed E-state index contributed by atoms with van der Waals surface area (Å²) < 4.78 is 29.0. The van der Waals surface area contributed by atoms with Gasteiger partial charge in [0.05, 0.1) is 34.2 Å². The summed E-state index contributed by atoms with van der Waals surface area (Å²) in [5, 5.41) is 4.33. The summed E-state index contributed by atoms with van der Waals surface area (Å²) in [7, 11) is -2.60. The Balaban J connectivity index is 1.15. The Labute approximate surface area is 392 Å². The van der Waals surface area contributed by atoms with Crippen molar-refractivity contribution in [2.75, 3.05) is 26.3 Å². The minimum absolute atomic E-state index is 0.210. The monoisotopic (exact) mass is 933 g/mol. The molecule has 2 saturated heterocycles. The number of nitrogens with zero attached hydrogens (tertiary/aromatic N) is 6. The van der Waals surface area contributed by atoms with Gasteiger partial charge in [0.1, 0.15) is 36.3 Å². The molecule has 0 saturated carbocycles. The molecule has 2 atom stereocenters. The third-order valence-corrected chi connectivity index (χ3v) is 16.0. The molecule has 0 bridgehead atoms. The van der Waals surface area contributed by atoms with Crippen molar-refractivity contribution in [3.63, 3.8) is 0 Å². The molecule has 14 heteroatoms. The van der Waals surface area contributed by atoms with E-state index in [1.807, 2.05) is 51.3 Å². The fourth-order valence-corrected chi connectivity index (χ4v) is 10.8. The average Bonchev–Trinajstić information content (AvgIpc) is 4.03. The Hall–Kier alpha value is -4.77. The van der Waals surface area contributed by atoms with E-state index >= 15 is 0 Å². The van der Waals surface area contributed by atoms with Crippen molar-refractivity contribution in [3.05, 3.63) is 72.3 Å². The maximum Gasteiger partial charge on any atom is 0.410 e. The number of ether oxygens (including phenoxy) is 4. The zero-order valence-corrected chi connectivity index (χ0v) is 43.5. The van der Waals surface area contributed by atoms with Gasteiger partial charge in [0.2, 0.25) is 0 Å². The van der Waals surface area contributed by atoms with Crippen LogP contribution in [0.4, 0.5) is 9.59 Å². The Morgan fingerprint density at radius 1 is 0.621 bits per heavy atom. The average molecular weight is 933 g/mol. The van der Waals surface area contributed by atoms with Crippen molar-refractivity contribution in [2.24, 2.45) is 0 Å². The van der Waals surface area contributed by atoms with Crippen molar-refractivity contribution in [3.8, 4) is 11.1 Å². The van der Waals surface area contributed by atoms with Crippen LogP contribution in [0, 0.1) is 0 Å². The second-order valence-electron chi connectivity index (χ2n) is 22.9.